The Morgan fingerprint density at radius 3 is 2.69 bits per heavy atom. The van der Waals surface area contributed by atoms with E-state index >= 15 is 0 Å². The number of hydrogen-bond acceptors (Lipinski definition) is 3. The summed E-state index contributed by atoms with van der Waals surface area (Å²) in [6, 6.07) is 10.1. The van der Waals surface area contributed by atoms with E-state index in [-0.39, 0.29) is 6.04 Å². The van der Waals surface area contributed by atoms with Crippen LogP contribution >= 0.6 is 0 Å². The molecule has 0 radical (unpaired) electrons. The van der Waals surface area contributed by atoms with E-state index in [1.807, 2.05) is 34.9 Å². The first-order valence-electron chi connectivity index (χ1n) is 5.57. The minimum absolute atomic E-state index is 0.0164. The molecule has 0 spiro atoms. The second-order valence-corrected chi connectivity index (χ2v) is 4.26. The smallest absolute Gasteiger partial charge is 0.154 e. The van der Waals surface area contributed by atoms with Crippen molar-refractivity contribution in [3.8, 4) is 5.69 Å². The normalized spacial score (nSPS) is 17.3. The van der Waals surface area contributed by atoms with E-state index in [2.05, 4.69) is 10.2 Å². The topological polar surface area (TPSA) is 56.7 Å². The molecule has 0 saturated heterocycles. The second kappa shape index (κ2) is 3.72. The van der Waals surface area contributed by atoms with Crippen molar-refractivity contribution in [2.24, 2.45) is 11.7 Å². The molecule has 1 aliphatic rings. The van der Waals surface area contributed by atoms with Crippen molar-refractivity contribution < 1.29 is 0 Å². The van der Waals surface area contributed by atoms with Crippen LogP contribution in [0.15, 0.2) is 36.7 Å². The molecule has 0 amide bonds. The van der Waals surface area contributed by atoms with Crippen LogP contribution in [0.1, 0.15) is 24.7 Å². The van der Waals surface area contributed by atoms with Gasteiger partial charge in [0.1, 0.15) is 6.33 Å². The summed E-state index contributed by atoms with van der Waals surface area (Å²) in [5.41, 5.74) is 7.23. The first kappa shape index (κ1) is 9.54. The van der Waals surface area contributed by atoms with Crippen LogP contribution < -0.4 is 5.73 Å². The molecule has 4 heteroatoms. The summed E-state index contributed by atoms with van der Waals surface area (Å²) >= 11 is 0. The highest BCUT2D eigenvalue weighted by Gasteiger charge is 2.32. The molecule has 1 aliphatic carbocycles. The van der Waals surface area contributed by atoms with Gasteiger partial charge >= 0.3 is 0 Å². The van der Waals surface area contributed by atoms with Gasteiger partial charge in [0.15, 0.2) is 5.82 Å². The van der Waals surface area contributed by atoms with Gasteiger partial charge in [-0.15, -0.1) is 10.2 Å². The summed E-state index contributed by atoms with van der Waals surface area (Å²) in [6.45, 7) is 0. The minimum Gasteiger partial charge on any atom is -0.321 e. The number of para-hydroxylation sites is 1. The molecule has 0 aliphatic heterocycles. The Bertz CT molecular complexity index is 473. The maximum atomic E-state index is 6.16. The van der Waals surface area contributed by atoms with Crippen molar-refractivity contribution in [3.05, 3.63) is 42.5 Å². The van der Waals surface area contributed by atoms with E-state index in [0.717, 1.165) is 11.5 Å². The molecule has 4 nitrogen and oxygen atoms in total. The molecular formula is C12H14N4. The van der Waals surface area contributed by atoms with Gasteiger partial charge in [0, 0.05) is 5.69 Å². The highest BCUT2D eigenvalue weighted by atomic mass is 15.3. The molecule has 1 aromatic heterocycles. The van der Waals surface area contributed by atoms with Gasteiger partial charge in [-0.2, -0.15) is 0 Å². The first-order chi connectivity index (χ1) is 7.86. The van der Waals surface area contributed by atoms with Crippen molar-refractivity contribution in [3.63, 3.8) is 0 Å². The van der Waals surface area contributed by atoms with Crippen LogP contribution in [0.25, 0.3) is 5.69 Å². The largest absolute Gasteiger partial charge is 0.321 e. The van der Waals surface area contributed by atoms with E-state index in [1.165, 1.54) is 12.8 Å². The van der Waals surface area contributed by atoms with E-state index in [1.54, 1.807) is 6.33 Å². The predicted molar refractivity (Wildman–Crippen MR) is 61.0 cm³/mol. The molecule has 82 valence electrons. The fraction of sp³-hybridized carbons (Fsp3) is 0.333. The number of rotatable bonds is 3. The fourth-order valence-electron chi connectivity index (χ4n) is 1.92. The Morgan fingerprint density at radius 2 is 2.00 bits per heavy atom. The maximum Gasteiger partial charge on any atom is 0.154 e. The van der Waals surface area contributed by atoms with Crippen LogP contribution in [-0.2, 0) is 0 Å². The Kier molecular flexibility index (Phi) is 2.22. The van der Waals surface area contributed by atoms with Gasteiger partial charge in [-0.25, -0.2) is 0 Å². The summed E-state index contributed by atoms with van der Waals surface area (Å²) in [5, 5.41) is 8.10. The third-order valence-electron chi connectivity index (χ3n) is 3.04. The summed E-state index contributed by atoms with van der Waals surface area (Å²) < 4.78 is 1.98. The lowest BCUT2D eigenvalue weighted by molar-refractivity contribution is 0.581. The minimum atomic E-state index is 0.0164. The van der Waals surface area contributed by atoms with Crippen molar-refractivity contribution >= 4 is 0 Å². The lowest BCUT2D eigenvalue weighted by Gasteiger charge is -2.11. The van der Waals surface area contributed by atoms with Crippen LogP contribution in [0.5, 0.6) is 0 Å². The van der Waals surface area contributed by atoms with Gasteiger partial charge in [0.25, 0.3) is 0 Å². The quantitative estimate of drug-likeness (QED) is 0.845. The van der Waals surface area contributed by atoms with Crippen LogP contribution in [0.4, 0.5) is 0 Å². The van der Waals surface area contributed by atoms with E-state index in [0.29, 0.717) is 5.92 Å². The van der Waals surface area contributed by atoms with Crippen molar-refractivity contribution in [1.29, 1.82) is 0 Å². The molecule has 2 N–H and O–H groups in total. The molecule has 1 fully saturated rings. The van der Waals surface area contributed by atoms with E-state index in [4.69, 9.17) is 5.73 Å². The molecule has 2 aromatic rings. The SMILES string of the molecule is NC(c1nncn1-c1ccccc1)C1CC1. The highest BCUT2D eigenvalue weighted by Crippen LogP contribution is 2.39. The van der Waals surface area contributed by atoms with Crippen LogP contribution in [0.2, 0.25) is 0 Å². The molecule has 0 bridgehead atoms. The Hall–Kier alpha value is -1.68. The third-order valence-corrected chi connectivity index (χ3v) is 3.04. The number of benzene rings is 1. The zero-order chi connectivity index (χ0) is 11.0. The van der Waals surface area contributed by atoms with Gasteiger partial charge in [0.05, 0.1) is 6.04 Å². The number of nitrogens with zero attached hydrogens (tertiary/aromatic N) is 3. The van der Waals surface area contributed by atoms with Crippen LogP contribution in [-0.4, -0.2) is 14.8 Å². The lowest BCUT2D eigenvalue weighted by Crippen LogP contribution is -2.17. The second-order valence-electron chi connectivity index (χ2n) is 4.26. The Morgan fingerprint density at radius 1 is 1.25 bits per heavy atom. The molecule has 1 atom stereocenters. The van der Waals surface area contributed by atoms with Gasteiger partial charge in [-0.3, -0.25) is 4.57 Å². The number of nitrogens with two attached hydrogens (primary N) is 1. The summed E-state index contributed by atoms with van der Waals surface area (Å²) in [6.07, 6.45) is 4.15. The van der Waals surface area contributed by atoms with Crippen molar-refractivity contribution in [2.45, 2.75) is 18.9 Å². The Labute approximate surface area is 94.1 Å². The first-order valence-corrected chi connectivity index (χ1v) is 5.57. The summed E-state index contributed by atoms with van der Waals surface area (Å²) in [5.74, 6) is 1.46. The zero-order valence-electron chi connectivity index (χ0n) is 8.95. The fourth-order valence-corrected chi connectivity index (χ4v) is 1.92. The summed E-state index contributed by atoms with van der Waals surface area (Å²) in [7, 11) is 0. The van der Waals surface area contributed by atoms with Crippen LogP contribution in [0, 0.1) is 5.92 Å². The zero-order valence-corrected chi connectivity index (χ0v) is 8.95. The molecular weight excluding hydrogens is 200 g/mol. The van der Waals surface area contributed by atoms with Gasteiger partial charge < -0.3 is 5.73 Å². The van der Waals surface area contributed by atoms with Gasteiger partial charge in [0.2, 0.25) is 0 Å². The average molecular weight is 214 g/mol. The molecule has 1 aromatic carbocycles. The highest BCUT2D eigenvalue weighted by molar-refractivity contribution is 5.32. The standard InChI is InChI=1S/C12H14N4/c13-11(9-6-7-9)12-15-14-8-16(12)10-4-2-1-3-5-10/h1-5,8-9,11H,6-7,13H2. The number of aromatic nitrogens is 3. The average Bonchev–Trinajstić information content (AvgIpc) is 3.06. The molecule has 3 rings (SSSR count). The van der Waals surface area contributed by atoms with E-state index < -0.39 is 0 Å². The van der Waals surface area contributed by atoms with Crippen molar-refractivity contribution in [2.75, 3.05) is 0 Å². The number of hydrogen-bond donors (Lipinski definition) is 1. The van der Waals surface area contributed by atoms with E-state index in [9.17, 15) is 0 Å². The predicted octanol–water partition coefficient (Wildman–Crippen LogP) is 1.68. The van der Waals surface area contributed by atoms with Crippen molar-refractivity contribution in [1.82, 2.24) is 14.8 Å². The molecule has 1 saturated carbocycles. The van der Waals surface area contributed by atoms with Gasteiger partial charge in [-0.05, 0) is 30.9 Å². The summed E-state index contributed by atoms with van der Waals surface area (Å²) in [4.78, 5) is 0. The molecule has 16 heavy (non-hydrogen) atoms. The van der Waals surface area contributed by atoms with Gasteiger partial charge in [-0.1, -0.05) is 18.2 Å². The lowest BCUT2D eigenvalue weighted by atomic mass is 10.2. The molecule has 1 unspecified atom stereocenters. The monoisotopic (exact) mass is 214 g/mol. The Balaban J connectivity index is 1.99. The third kappa shape index (κ3) is 1.61. The maximum absolute atomic E-state index is 6.16. The molecule has 1 heterocycles. The van der Waals surface area contributed by atoms with Crippen LogP contribution in [0.3, 0.4) is 0 Å².